The number of amides is 2. The number of Topliss-reactive ketones (excluding diaryl/α,β-unsaturated/α-hetero) is 1. The summed E-state index contributed by atoms with van der Waals surface area (Å²) >= 11 is 0. The number of morpholine rings is 1. The van der Waals surface area contributed by atoms with Crippen molar-refractivity contribution >= 4 is 28.9 Å². The van der Waals surface area contributed by atoms with Crippen molar-refractivity contribution in [2.75, 3.05) is 26.3 Å². The highest BCUT2D eigenvalue weighted by atomic mass is 19.1. The Balaban J connectivity index is 1.31. The second-order valence-electron chi connectivity index (χ2n) is 9.82. The number of benzene rings is 1. The van der Waals surface area contributed by atoms with Crippen LogP contribution in [-0.2, 0) is 14.3 Å². The van der Waals surface area contributed by atoms with Crippen LogP contribution in [0.2, 0.25) is 0 Å². The number of rotatable bonds is 6. The van der Waals surface area contributed by atoms with Crippen molar-refractivity contribution in [2.45, 2.75) is 57.1 Å². The van der Waals surface area contributed by atoms with Crippen LogP contribution in [0.5, 0.6) is 0 Å². The summed E-state index contributed by atoms with van der Waals surface area (Å²) in [5.41, 5.74) is -0.711. The lowest BCUT2D eigenvalue weighted by molar-refractivity contribution is -0.148. The van der Waals surface area contributed by atoms with Crippen LogP contribution < -0.4 is 5.32 Å². The number of ether oxygens (including phenoxy) is 2. The van der Waals surface area contributed by atoms with Crippen LogP contribution in [0, 0.1) is 17.7 Å². The van der Waals surface area contributed by atoms with Crippen molar-refractivity contribution < 1.29 is 32.7 Å². The molecule has 10 heteroatoms. The molecule has 35 heavy (non-hydrogen) atoms. The van der Waals surface area contributed by atoms with E-state index in [4.69, 9.17) is 13.9 Å². The first-order valence-electron chi connectivity index (χ1n) is 12.3. The molecule has 3 aliphatic rings. The predicted octanol–water partition coefficient (Wildman–Crippen LogP) is 3.46. The van der Waals surface area contributed by atoms with E-state index in [1.54, 1.807) is 4.90 Å². The number of nitrogens with one attached hydrogen (secondary N) is 1. The van der Waals surface area contributed by atoms with Gasteiger partial charge in [0.15, 0.2) is 11.7 Å². The molecule has 3 atom stereocenters. The average molecular weight is 488 g/mol. The third kappa shape index (κ3) is 4.76. The van der Waals surface area contributed by atoms with Crippen molar-refractivity contribution in [2.24, 2.45) is 11.8 Å². The zero-order valence-corrected chi connectivity index (χ0v) is 19.8. The minimum absolute atomic E-state index is 0.0555. The minimum atomic E-state index is -1.23. The summed E-state index contributed by atoms with van der Waals surface area (Å²) in [6.07, 6.45) is 3.39. The number of fused-ring (bicyclic) bond motifs is 1. The van der Waals surface area contributed by atoms with E-state index in [-0.39, 0.29) is 29.2 Å². The van der Waals surface area contributed by atoms with Crippen molar-refractivity contribution in [3.05, 3.63) is 29.9 Å². The van der Waals surface area contributed by atoms with Crippen LogP contribution in [0.1, 0.15) is 56.1 Å². The van der Waals surface area contributed by atoms with E-state index in [2.05, 4.69) is 10.3 Å². The van der Waals surface area contributed by atoms with Crippen LogP contribution in [0.15, 0.2) is 22.6 Å². The molecule has 0 bridgehead atoms. The molecule has 188 valence electrons. The number of oxazole rings is 1. The maximum atomic E-state index is 13.5. The molecule has 1 N–H and O–H groups in total. The Hall–Kier alpha value is -3.01. The highest BCUT2D eigenvalue weighted by molar-refractivity contribution is 6.05. The third-order valence-electron chi connectivity index (χ3n) is 7.46. The van der Waals surface area contributed by atoms with Gasteiger partial charge in [-0.25, -0.2) is 14.2 Å². The van der Waals surface area contributed by atoms with Gasteiger partial charge in [-0.1, -0.05) is 26.2 Å². The molecule has 1 saturated heterocycles. The first-order valence-corrected chi connectivity index (χ1v) is 12.3. The number of carbonyl (C=O) groups is 3. The van der Waals surface area contributed by atoms with Crippen LogP contribution in [-0.4, -0.2) is 65.6 Å². The Morgan fingerprint density at radius 3 is 2.60 bits per heavy atom. The van der Waals surface area contributed by atoms with E-state index >= 15 is 0 Å². The Labute approximate surface area is 202 Å². The molecule has 0 radical (unpaired) electrons. The van der Waals surface area contributed by atoms with E-state index in [0.717, 1.165) is 38.2 Å². The molecule has 5 rings (SSSR count). The number of hydrogen-bond acceptors (Lipinski definition) is 7. The van der Waals surface area contributed by atoms with Gasteiger partial charge in [-0.05, 0) is 37.3 Å². The Morgan fingerprint density at radius 2 is 1.91 bits per heavy atom. The lowest BCUT2D eigenvalue weighted by atomic mass is 9.84. The van der Waals surface area contributed by atoms with E-state index in [1.165, 1.54) is 12.1 Å². The summed E-state index contributed by atoms with van der Waals surface area (Å²) in [6, 6.07) is 3.83. The van der Waals surface area contributed by atoms with Gasteiger partial charge in [-0.2, -0.15) is 0 Å². The van der Waals surface area contributed by atoms with Crippen LogP contribution in [0.3, 0.4) is 0 Å². The lowest BCUT2D eigenvalue weighted by Crippen LogP contribution is -2.52. The van der Waals surface area contributed by atoms with E-state index in [0.29, 0.717) is 38.2 Å². The standard InChI is InChI=1S/C25H30FN3O6/c1-15-14-25(15,21(30)22-27-18-8-7-17(26)13-19(18)34-22)28-24(32)35-20(16-5-3-2-4-6-16)23(31)29-9-11-33-12-10-29/h7-8,13,15-16,20H,2-6,9-12,14H2,1H3,(H,28,32)/t15?,20-,25?/m0/s1. The van der Waals surface area contributed by atoms with Gasteiger partial charge in [-0.3, -0.25) is 9.59 Å². The maximum Gasteiger partial charge on any atom is 0.408 e. The monoisotopic (exact) mass is 487 g/mol. The van der Waals surface area contributed by atoms with Crippen molar-refractivity contribution in [1.82, 2.24) is 15.2 Å². The number of ketones is 1. The topological polar surface area (TPSA) is 111 Å². The summed E-state index contributed by atoms with van der Waals surface area (Å²) in [5, 5.41) is 2.72. The molecule has 2 amide bonds. The molecule has 9 nitrogen and oxygen atoms in total. The van der Waals surface area contributed by atoms with Gasteiger partial charge in [0.05, 0.1) is 13.2 Å². The zero-order chi connectivity index (χ0) is 24.6. The number of aromatic nitrogens is 1. The van der Waals surface area contributed by atoms with Gasteiger partial charge in [0.2, 0.25) is 5.78 Å². The predicted molar refractivity (Wildman–Crippen MR) is 122 cm³/mol. The maximum absolute atomic E-state index is 13.5. The fraction of sp³-hybridized carbons (Fsp3) is 0.600. The van der Waals surface area contributed by atoms with Gasteiger partial charge in [0.25, 0.3) is 11.8 Å². The van der Waals surface area contributed by atoms with Gasteiger partial charge in [0.1, 0.15) is 16.9 Å². The molecule has 2 unspecified atom stereocenters. The SMILES string of the molecule is CC1CC1(NC(=O)O[C@H](C(=O)N1CCOCC1)C1CCCCC1)C(=O)c1nc2ccc(F)cc2o1. The van der Waals surface area contributed by atoms with Gasteiger partial charge < -0.3 is 24.1 Å². The molecule has 2 aromatic rings. The minimum Gasteiger partial charge on any atom is -0.436 e. The van der Waals surface area contributed by atoms with Gasteiger partial charge in [-0.15, -0.1) is 0 Å². The zero-order valence-electron chi connectivity index (χ0n) is 19.8. The molecule has 2 aliphatic carbocycles. The quantitative estimate of drug-likeness (QED) is 0.621. The number of hydrogen-bond donors (Lipinski definition) is 1. The molecule has 2 heterocycles. The number of halogens is 1. The first kappa shape index (κ1) is 23.7. The number of alkyl carbamates (subject to hydrolysis) is 1. The van der Waals surface area contributed by atoms with E-state index in [9.17, 15) is 18.8 Å². The van der Waals surface area contributed by atoms with E-state index < -0.39 is 29.3 Å². The first-order chi connectivity index (χ1) is 16.9. The Morgan fingerprint density at radius 1 is 1.20 bits per heavy atom. The summed E-state index contributed by atoms with van der Waals surface area (Å²) in [6.45, 7) is 3.67. The summed E-state index contributed by atoms with van der Waals surface area (Å²) in [7, 11) is 0. The lowest BCUT2D eigenvalue weighted by Gasteiger charge is -2.35. The van der Waals surface area contributed by atoms with Gasteiger partial charge >= 0.3 is 6.09 Å². The molecule has 1 aromatic carbocycles. The van der Waals surface area contributed by atoms with E-state index in [1.807, 2.05) is 6.92 Å². The summed E-state index contributed by atoms with van der Waals surface area (Å²) in [5.74, 6) is -1.61. The van der Waals surface area contributed by atoms with Crippen molar-refractivity contribution in [3.8, 4) is 0 Å². The highest BCUT2D eigenvalue weighted by Crippen LogP contribution is 2.46. The Kier molecular flexibility index (Phi) is 6.48. The largest absolute Gasteiger partial charge is 0.436 e. The second kappa shape index (κ2) is 9.56. The molecular weight excluding hydrogens is 457 g/mol. The molecule has 3 fully saturated rings. The normalized spacial score (nSPS) is 25.8. The second-order valence-corrected chi connectivity index (χ2v) is 9.82. The fourth-order valence-electron chi connectivity index (χ4n) is 5.23. The average Bonchev–Trinajstić information content (AvgIpc) is 3.32. The third-order valence-corrected chi connectivity index (χ3v) is 7.46. The summed E-state index contributed by atoms with van der Waals surface area (Å²) < 4.78 is 30.1. The molecule has 1 aromatic heterocycles. The Bertz CT molecular complexity index is 1120. The summed E-state index contributed by atoms with van der Waals surface area (Å²) in [4.78, 5) is 45.5. The molecule has 0 spiro atoms. The van der Waals surface area contributed by atoms with Crippen molar-refractivity contribution in [3.63, 3.8) is 0 Å². The van der Waals surface area contributed by atoms with Crippen LogP contribution in [0.4, 0.5) is 9.18 Å². The number of carbonyl (C=O) groups excluding carboxylic acids is 3. The molecule has 2 saturated carbocycles. The van der Waals surface area contributed by atoms with Crippen LogP contribution >= 0.6 is 0 Å². The van der Waals surface area contributed by atoms with Crippen LogP contribution in [0.25, 0.3) is 11.1 Å². The highest BCUT2D eigenvalue weighted by Gasteiger charge is 2.60. The molecular formula is C25H30FN3O6. The smallest absolute Gasteiger partial charge is 0.408 e. The molecule has 1 aliphatic heterocycles. The fourth-order valence-corrected chi connectivity index (χ4v) is 5.23. The number of nitrogens with zero attached hydrogens (tertiary/aromatic N) is 2. The van der Waals surface area contributed by atoms with Crippen molar-refractivity contribution in [1.29, 1.82) is 0 Å². The van der Waals surface area contributed by atoms with Gasteiger partial charge in [0, 0.05) is 25.1 Å².